The monoisotopic (exact) mass is 263 g/mol. The number of nitrogens with one attached hydrogen (secondary N) is 1. The zero-order valence-electron chi connectivity index (χ0n) is 11.6. The fraction of sp³-hybridized carbons (Fsp3) is 0.533. The molecule has 0 amide bonds. The van der Waals surface area contributed by atoms with E-state index in [-0.39, 0.29) is 5.97 Å². The molecule has 1 aliphatic rings. The molecule has 0 saturated heterocycles. The standard InChI is InChI=1S/C15H21NO3/c1-3-10-16-15(14(17)18-4-2)9-11-19-13-8-6-5-7-12(13)15/h5-8,16H,3-4,9-11H2,1-2H3. The van der Waals surface area contributed by atoms with E-state index in [4.69, 9.17) is 9.47 Å². The summed E-state index contributed by atoms with van der Waals surface area (Å²) in [5, 5.41) is 3.37. The molecule has 1 aliphatic heterocycles. The first-order valence-electron chi connectivity index (χ1n) is 6.89. The summed E-state index contributed by atoms with van der Waals surface area (Å²) >= 11 is 0. The molecule has 1 aromatic carbocycles. The Morgan fingerprint density at radius 3 is 2.95 bits per heavy atom. The Morgan fingerprint density at radius 1 is 1.42 bits per heavy atom. The van der Waals surface area contributed by atoms with Gasteiger partial charge in [0.2, 0.25) is 0 Å². The van der Waals surface area contributed by atoms with Gasteiger partial charge >= 0.3 is 5.97 Å². The molecule has 4 heteroatoms. The first-order chi connectivity index (χ1) is 9.24. The number of hydrogen-bond donors (Lipinski definition) is 1. The molecule has 0 radical (unpaired) electrons. The van der Waals surface area contributed by atoms with Crippen LogP contribution in [0.1, 0.15) is 32.3 Å². The summed E-state index contributed by atoms with van der Waals surface area (Å²) in [6, 6.07) is 7.68. The third-order valence-electron chi connectivity index (χ3n) is 3.38. The van der Waals surface area contributed by atoms with E-state index in [0.29, 0.717) is 19.6 Å². The predicted octanol–water partition coefficient (Wildman–Crippen LogP) is 2.23. The van der Waals surface area contributed by atoms with Gasteiger partial charge in [-0.05, 0) is 26.0 Å². The highest BCUT2D eigenvalue weighted by molar-refractivity contribution is 5.84. The van der Waals surface area contributed by atoms with Crippen molar-refractivity contribution in [1.82, 2.24) is 5.32 Å². The maximum absolute atomic E-state index is 12.4. The van der Waals surface area contributed by atoms with Crippen LogP contribution in [0, 0.1) is 0 Å². The Bertz CT molecular complexity index is 447. The first kappa shape index (κ1) is 13.9. The van der Waals surface area contributed by atoms with Crippen molar-refractivity contribution in [3.05, 3.63) is 29.8 Å². The van der Waals surface area contributed by atoms with Crippen LogP contribution in [0.4, 0.5) is 0 Å². The molecule has 104 valence electrons. The Hall–Kier alpha value is -1.55. The van der Waals surface area contributed by atoms with Crippen LogP contribution < -0.4 is 10.1 Å². The molecule has 1 heterocycles. The molecule has 0 saturated carbocycles. The van der Waals surface area contributed by atoms with Crippen molar-refractivity contribution < 1.29 is 14.3 Å². The third-order valence-corrected chi connectivity index (χ3v) is 3.38. The van der Waals surface area contributed by atoms with Crippen LogP contribution in [0.2, 0.25) is 0 Å². The van der Waals surface area contributed by atoms with Crippen molar-refractivity contribution in [1.29, 1.82) is 0 Å². The molecular weight excluding hydrogens is 242 g/mol. The first-order valence-corrected chi connectivity index (χ1v) is 6.89. The average molecular weight is 263 g/mol. The highest BCUT2D eigenvalue weighted by Crippen LogP contribution is 2.37. The lowest BCUT2D eigenvalue weighted by molar-refractivity contribution is -0.153. The molecule has 4 nitrogen and oxygen atoms in total. The van der Waals surface area contributed by atoms with Crippen LogP contribution in [-0.4, -0.2) is 25.7 Å². The lowest BCUT2D eigenvalue weighted by atomic mass is 9.84. The number of carbonyl (C=O) groups is 1. The minimum absolute atomic E-state index is 0.209. The molecular formula is C15H21NO3. The molecule has 0 fully saturated rings. The number of carbonyl (C=O) groups excluding carboxylic acids is 1. The normalized spacial score (nSPS) is 21.4. The summed E-state index contributed by atoms with van der Waals surface area (Å²) in [6.45, 7) is 5.59. The second kappa shape index (κ2) is 6.06. The molecule has 19 heavy (non-hydrogen) atoms. The van der Waals surface area contributed by atoms with Gasteiger partial charge in [0, 0.05) is 12.0 Å². The van der Waals surface area contributed by atoms with Crippen LogP contribution in [-0.2, 0) is 15.1 Å². The number of ether oxygens (including phenoxy) is 2. The minimum atomic E-state index is -0.763. The van der Waals surface area contributed by atoms with E-state index in [1.807, 2.05) is 31.2 Å². The summed E-state index contributed by atoms with van der Waals surface area (Å²) in [6.07, 6.45) is 1.56. The van der Waals surface area contributed by atoms with Gasteiger partial charge in [-0.1, -0.05) is 25.1 Å². The van der Waals surface area contributed by atoms with E-state index in [0.717, 1.165) is 24.3 Å². The second-order valence-electron chi connectivity index (χ2n) is 4.65. The predicted molar refractivity (Wildman–Crippen MR) is 73.2 cm³/mol. The maximum atomic E-state index is 12.4. The lowest BCUT2D eigenvalue weighted by Gasteiger charge is -2.37. The van der Waals surface area contributed by atoms with Crippen molar-refractivity contribution in [3.8, 4) is 5.75 Å². The smallest absolute Gasteiger partial charge is 0.331 e. The highest BCUT2D eigenvalue weighted by Gasteiger charge is 2.45. The minimum Gasteiger partial charge on any atom is -0.493 e. The summed E-state index contributed by atoms with van der Waals surface area (Å²) in [5.41, 5.74) is 0.120. The molecule has 1 unspecified atom stereocenters. The maximum Gasteiger partial charge on any atom is 0.331 e. The van der Waals surface area contributed by atoms with Crippen molar-refractivity contribution in [2.24, 2.45) is 0 Å². The van der Waals surface area contributed by atoms with Crippen molar-refractivity contribution in [2.75, 3.05) is 19.8 Å². The van der Waals surface area contributed by atoms with Crippen LogP contribution in [0.3, 0.4) is 0 Å². The number of fused-ring (bicyclic) bond motifs is 1. The topological polar surface area (TPSA) is 47.6 Å². The van der Waals surface area contributed by atoms with Gasteiger partial charge in [-0.2, -0.15) is 0 Å². The van der Waals surface area contributed by atoms with Crippen molar-refractivity contribution >= 4 is 5.97 Å². The zero-order chi connectivity index (χ0) is 13.7. The molecule has 1 atom stereocenters. The van der Waals surface area contributed by atoms with E-state index in [1.54, 1.807) is 0 Å². The largest absolute Gasteiger partial charge is 0.493 e. The Kier molecular flexibility index (Phi) is 4.43. The summed E-state index contributed by atoms with van der Waals surface area (Å²) in [5.74, 6) is 0.560. The van der Waals surface area contributed by atoms with E-state index in [9.17, 15) is 4.79 Å². The van der Waals surface area contributed by atoms with Crippen LogP contribution in [0.15, 0.2) is 24.3 Å². The van der Waals surface area contributed by atoms with Crippen molar-refractivity contribution in [2.45, 2.75) is 32.2 Å². The Balaban J connectivity index is 2.41. The lowest BCUT2D eigenvalue weighted by Crippen LogP contribution is -2.53. The number of benzene rings is 1. The van der Waals surface area contributed by atoms with E-state index in [1.165, 1.54) is 0 Å². The van der Waals surface area contributed by atoms with Crippen LogP contribution in [0.25, 0.3) is 0 Å². The number of para-hydroxylation sites is 1. The van der Waals surface area contributed by atoms with Gasteiger partial charge in [0.25, 0.3) is 0 Å². The zero-order valence-corrected chi connectivity index (χ0v) is 11.6. The quantitative estimate of drug-likeness (QED) is 0.828. The molecule has 0 spiro atoms. The van der Waals surface area contributed by atoms with Crippen molar-refractivity contribution in [3.63, 3.8) is 0 Å². The summed E-state index contributed by atoms with van der Waals surface area (Å²) in [7, 11) is 0. The van der Waals surface area contributed by atoms with E-state index < -0.39 is 5.54 Å². The van der Waals surface area contributed by atoms with Gasteiger partial charge in [0.05, 0.1) is 13.2 Å². The van der Waals surface area contributed by atoms with Gasteiger partial charge in [-0.15, -0.1) is 0 Å². The fourth-order valence-electron chi connectivity index (χ4n) is 2.45. The molecule has 0 bridgehead atoms. The fourth-order valence-corrected chi connectivity index (χ4v) is 2.45. The van der Waals surface area contributed by atoms with E-state index in [2.05, 4.69) is 12.2 Å². The summed E-state index contributed by atoms with van der Waals surface area (Å²) in [4.78, 5) is 12.4. The Labute approximate surface area is 114 Å². The number of esters is 1. The summed E-state index contributed by atoms with van der Waals surface area (Å²) < 4.78 is 10.9. The third kappa shape index (κ3) is 2.59. The molecule has 0 aliphatic carbocycles. The van der Waals surface area contributed by atoms with Gasteiger partial charge in [-0.3, -0.25) is 5.32 Å². The molecule has 1 aromatic rings. The molecule has 0 aromatic heterocycles. The van der Waals surface area contributed by atoms with Gasteiger partial charge in [0.15, 0.2) is 0 Å². The van der Waals surface area contributed by atoms with Gasteiger partial charge in [0.1, 0.15) is 11.3 Å². The van der Waals surface area contributed by atoms with Gasteiger partial charge < -0.3 is 9.47 Å². The van der Waals surface area contributed by atoms with Crippen LogP contribution >= 0.6 is 0 Å². The Morgan fingerprint density at radius 2 is 2.21 bits per heavy atom. The van der Waals surface area contributed by atoms with Crippen LogP contribution in [0.5, 0.6) is 5.75 Å². The average Bonchev–Trinajstić information content (AvgIpc) is 2.45. The van der Waals surface area contributed by atoms with Gasteiger partial charge in [-0.25, -0.2) is 4.79 Å². The van der Waals surface area contributed by atoms with E-state index >= 15 is 0 Å². The molecule has 2 rings (SSSR count). The highest BCUT2D eigenvalue weighted by atomic mass is 16.5. The second-order valence-corrected chi connectivity index (χ2v) is 4.65. The number of hydrogen-bond acceptors (Lipinski definition) is 4. The number of rotatable bonds is 5. The SMILES string of the molecule is CCCNC1(C(=O)OCC)CCOc2ccccc21. The molecule has 1 N–H and O–H groups in total.